The molecule has 0 aliphatic heterocycles. The van der Waals surface area contributed by atoms with Crippen molar-refractivity contribution in [2.45, 2.75) is 13.0 Å². The molecule has 0 aliphatic carbocycles. The van der Waals surface area contributed by atoms with Crippen LogP contribution in [-0.4, -0.2) is 25.2 Å². The molecule has 0 fully saturated rings. The molecule has 0 aromatic heterocycles. The van der Waals surface area contributed by atoms with Crippen LogP contribution >= 0.6 is 0 Å². The van der Waals surface area contributed by atoms with Crippen molar-refractivity contribution in [3.05, 3.63) is 47.8 Å². The van der Waals surface area contributed by atoms with E-state index in [-0.39, 0.29) is 18.2 Å². The molecule has 1 atom stereocenters. The molecule has 1 aromatic rings. The summed E-state index contributed by atoms with van der Waals surface area (Å²) in [5.74, 6) is -5.10. The lowest BCUT2D eigenvalue weighted by molar-refractivity contribution is 0.0769. The summed E-state index contributed by atoms with van der Waals surface area (Å²) >= 11 is 0. The summed E-state index contributed by atoms with van der Waals surface area (Å²) in [5, 5.41) is 2.43. The molecule has 6 heteroatoms. The second-order valence-electron chi connectivity index (χ2n) is 3.90. The lowest BCUT2D eigenvalue weighted by Gasteiger charge is -2.12. The Kier molecular flexibility index (Phi) is 5.57. The smallest absolute Gasteiger partial charge is 0.251 e. The first-order chi connectivity index (χ1) is 8.95. The fourth-order valence-electron chi connectivity index (χ4n) is 1.32. The van der Waals surface area contributed by atoms with E-state index >= 15 is 0 Å². The van der Waals surface area contributed by atoms with Gasteiger partial charge in [-0.1, -0.05) is 6.08 Å². The van der Waals surface area contributed by atoms with Gasteiger partial charge in [-0.3, -0.25) is 4.79 Å². The SMILES string of the molecule is C=CCOC(C)CNC(=O)c1cc(F)c(F)c(F)c1. The largest absolute Gasteiger partial charge is 0.373 e. The van der Waals surface area contributed by atoms with Gasteiger partial charge in [-0.05, 0) is 19.1 Å². The Morgan fingerprint density at radius 3 is 2.53 bits per heavy atom. The molecule has 0 spiro atoms. The Morgan fingerprint density at radius 2 is 2.00 bits per heavy atom. The number of hydrogen-bond acceptors (Lipinski definition) is 2. The third kappa shape index (κ3) is 4.40. The first kappa shape index (κ1) is 15.2. The highest BCUT2D eigenvalue weighted by Crippen LogP contribution is 2.13. The lowest BCUT2D eigenvalue weighted by atomic mass is 10.2. The summed E-state index contributed by atoms with van der Waals surface area (Å²) in [7, 11) is 0. The summed E-state index contributed by atoms with van der Waals surface area (Å²) in [4.78, 5) is 11.6. The van der Waals surface area contributed by atoms with Gasteiger partial charge in [0.2, 0.25) is 0 Å². The highest BCUT2D eigenvalue weighted by molar-refractivity contribution is 5.94. The van der Waals surface area contributed by atoms with E-state index < -0.39 is 23.4 Å². The lowest BCUT2D eigenvalue weighted by Crippen LogP contribution is -2.32. The number of benzene rings is 1. The molecule has 1 aromatic carbocycles. The van der Waals surface area contributed by atoms with Crippen LogP contribution < -0.4 is 5.32 Å². The summed E-state index contributed by atoms with van der Waals surface area (Å²) in [6, 6.07) is 1.28. The molecule has 1 rings (SSSR count). The van der Waals surface area contributed by atoms with Crippen molar-refractivity contribution in [3.63, 3.8) is 0 Å². The van der Waals surface area contributed by atoms with Crippen molar-refractivity contribution >= 4 is 5.91 Å². The van der Waals surface area contributed by atoms with Crippen LogP contribution in [0.15, 0.2) is 24.8 Å². The number of nitrogens with one attached hydrogen (secondary N) is 1. The van der Waals surface area contributed by atoms with Crippen molar-refractivity contribution < 1.29 is 22.7 Å². The Morgan fingerprint density at radius 1 is 1.42 bits per heavy atom. The minimum Gasteiger partial charge on any atom is -0.373 e. The number of rotatable bonds is 6. The maximum absolute atomic E-state index is 12.9. The molecular formula is C13H14F3NO2. The molecule has 19 heavy (non-hydrogen) atoms. The van der Waals surface area contributed by atoms with Crippen LogP contribution in [0, 0.1) is 17.5 Å². The average molecular weight is 273 g/mol. The molecule has 1 N–H and O–H groups in total. The number of ether oxygens (including phenoxy) is 1. The predicted molar refractivity (Wildman–Crippen MR) is 64.3 cm³/mol. The van der Waals surface area contributed by atoms with Crippen LogP contribution in [0.2, 0.25) is 0 Å². The third-order valence-electron chi connectivity index (χ3n) is 2.29. The van der Waals surface area contributed by atoms with Gasteiger partial charge in [-0.2, -0.15) is 0 Å². The maximum Gasteiger partial charge on any atom is 0.251 e. The second-order valence-corrected chi connectivity index (χ2v) is 3.90. The predicted octanol–water partition coefficient (Wildman–Crippen LogP) is 2.42. The van der Waals surface area contributed by atoms with E-state index in [2.05, 4.69) is 11.9 Å². The summed E-state index contributed by atoms with van der Waals surface area (Å²) in [6.07, 6.45) is 1.28. The highest BCUT2D eigenvalue weighted by Gasteiger charge is 2.15. The molecular weight excluding hydrogens is 259 g/mol. The van der Waals surface area contributed by atoms with Gasteiger partial charge in [-0.15, -0.1) is 6.58 Å². The molecule has 0 aliphatic rings. The second kappa shape index (κ2) is 6.94. The van der Waals surface area contributed by atoms with Gasteiger partial charge in [0.1, 0.15) is 0 Å². The van der Waals surface area contributed by atoms with Crippen LogP contribution in [-0.2, 0) is 4.74 Å². The van der Waals surface area contributed by atoms with Crippen LogP contribution in [0.1, 0.15) is 17.3 Å². The summed E-state index contributed by atoms with van der Waals surface area (Å²) < 4.78 is 43.8. The zero-order valence-corrected chi connectivity index (χ0v) is 10.4. The van der Waals surface area contributed by atoms with Gasteiger partial charge in [-0.25, -0.2) is 13.2 Å². The molecule has 0 saturated carbocycles. The van der Waals surface area contributed by atoms with Crippen LogP contribution in [0.4, 0.5) is 13.2 Å². The number of amides is 1. The van der Waals surface area contributed by atoms with E-state index in [1.165, 1.54) is 0 Å². The van der Waals surface area contributed by atoms with E-state index in [0.29, 0.717) is 18.7 Å². The first-order valence-electron chi connectivity index (χ1n) is 5.61. The monoisotopic (exact) mass is 273 g/mol. The van der Waals surface area contributed by atoms with Crippen LogP contribution in [0.3, 0.4) is 0 Å². The van der Waals surface area contributed by atoms with E-state index in [1.54, 1.807) is 13.0 Å². The number of carbonyl (C=O) groups is 1. The van der Waals surface area contributed by atoms with Crippen molar-refractivity contribution in [1.29, 1.82) is 0 Å². The molecule has 0 saturated heterocycles. The van der Waals surface area contributed by atoms with E-state index in [4.69, 9.17) is 4.74 Å². The molecule has 0 heterocycles. The third-order valence-corrected chi connectivity index (χ3v) is 2.29. The quantitative estimate of drug-likeness (QED) is 0.638. The Hall–Kier alpha value is -1.82. The van der Waals surface area contributed by atoms with Crippen LogP contribution in [0.25, 0.3) is 0 Å². The van der Waals surface area contributed by atoms with Crippen molar-refractivity contribution in [2.75, 3.05) is 13.2 Å². The van der Waals surface area contributed by atoms with Crippen molar-refractivity contribution in [3.8, 4) is 0 Å². The van der Waals surface area contributed by atoms with E-state index in [9.17, 15) is 18.0 Å². The molecule has 1 amide bonds. The Bertz CT molecular complexity index is 454. The maximum atomic E-state index is 12.9. The standard InChI is InChI=1S/C13H14F3NO2/c1-3-4-19-8(2)7-17-13(18)9-5-10(14)12(16)11(15)6-9/h3,5-6,8H,1,4,7H2,2H3,(H,17,18). The topological polar surface area (TPSA) is 38.3 Å². The first-order valence-corrected chi connectivity index (χ1v) is 5.61. The Labute approximate surface area is 109 Å². The average Bonchev–Trinajstić information content (AvgIpc) is 2.39. The van der Waals surface area contributed by atoms with Crippen molar-refractivity contribution in [2.24, 2.45) is 0 Å². The van der Waals surface area contributed by atoms with Gasteiger partial charge < -0.3 is 10.1 Å². The van der Waals surface area contributed by atoms with Gasteiger partial charge in [0, 0.05) is 12.1 Å². The molecule has 3 nitrogen and oxygen atoms in total. The summed E-state index contributed by atoms with van der Waals surface area (Å²) in [6.45, 7) is 5.68. The molecule has 1 unspecified atom stereocenters. The van der Waals surface area contributed by atoms with Gasteiger partial charge >= 0.3 is 0 Å². The van der Waals surface area contributed by atoms with Gasteiger partial charge in [0.15, 0.2) is 17.5 Å². The fourth-order valence-corrected chi connectivity index (χ4v) is 1.32. The van der Waals surface area contributed by atoms with Gasteiger partial charge in [0.25, 0.3) is 5.91 Å². The van der Waals surface area contributed by atoms with Crippen LogP contribution in [0.5, 0.6) is 0 Å². The number of carbonyl (C=O) groups excluding carboxylic acids is 1. The number of hydrogen-bond donors (Lipinski definition) is 1. The molecule has 0 bridgehead atoms. The number of halogens is 3. The highest BCUT2D eigenvalue weighted by atomic mass is 19.2. The molecule has 0 radical (unpaired) electrons. The Balaban J connectivity index is 2.61. The van der Waals surface area contributed by atoms with E-state index in [0.717, 1.165) is 0 Å². The van der Waals surface area contributed by atoms with Crippen molar-refractivity contribution in [1.82, 2.24) is 5.32 Å². The fraction of sp³-hybridized carbons (Fsp3) is 0.308. The molecule has 104 valence electrons. The zero-order valence-electron chi connectivity index (χ0n) is 10.4. The van der Waals surface area contributed by atoms with E-state index in [1.807, 2.05) is 0 Å². The summed E-state index contributed by atoms with van der Waals surface area (Å²) in [5.41, 5.74) is -0.285. The van der Waals surface area contributed by atoms with Gasteiger partial charge in [0.05, 0.1) is 12.7 Å². The normalized spacial score (nSPS) is 12.0. The minimum absolute atomic E-state index is 0.160. The zero-order chi connectivity index (χ0) is 14.4. The minimum atomic E-state index is -1.60.